The molecular weight excluding hydrogens is 280 g/mol. The monoisotopic (exact) mass is 298 g/mol. The first-order valence-corrected chi connectivity index (χ1v) is 6.94. The molecule has 3 heterocycles. The fourth-order valence-corrected chi connectivity index (χ4v) is 2.90. The number of hydrogen-bond acceptors (Lipinski definition) is 6. The molecule has 0 radical (unpaired) electrons. The normalized spacial score (nSPS) is 36.2. The third-order valence-electron chi connectivity index (χ3n) is 4.08. The average molecular weight is 298 g/mol. The fraction of sp³-hybridized carbons (Fsp3) is 0.692. The van der Waals surface area contributed by atoms with Gasteiger partial charge in [0.1, 0.15) is 18.4 Å². The van der Waals surface area contributed by atoms with Gasteiger partial charge in [-0.1, -0.05) is 0 Å². The molecule has 8 heteroatoms. The fourth-order valence-electron chi connectivity index (χ4n) is 2.90. The van der Waals surface area contributed by atoms with Gasteiger partial charge in [-0.25, -0.2) is 4.79 Å². The number of nitrogens with zero attached hydrogens (tertiary/aromatic N) is 1. The molecule has 3 N–H and O–H groups in total. The number of aromatic amines is 1. The van der Waals surface area contributed by atoms with Gasteiger partial charge in [0, 0.05) is 18.2 Å². The Morgan fingerprint density at radius 2 is 2.14 bits per heavy atom. The van der Waals surface area contributed by atoms with Gasteiger partial charge < -0.3 is 19.7 Å². The van der Waals surface area contributed by atoms with E-state index in [9.17, 15) is 19.8 Å². The predicted molar refractivity (Wildman–Crippen MR) is 70.7 cm³/mol. The molecule has 21 heavy (non-hydrogen) atoms. The summed E-state index contributed by atoms with van der Waals surface area (Å²) in [5.41, 5.74) is -0.720. The molecule has 2 aliphatic rings. The lowest BCUT2D eigenvalue weighted by Crippen LogP contribution is -2.55. The van der Waals surface area contributed by atoms with Gasteiger partial charge in [0.2, 0.25) is 5.79 Å². The third-order valence-corrected chi connectivity index (χ3v) is 4.08. The largest absolute Gasteiger partial charge is 0.387 e. The number of H-pyrrole nitrogens is 1. The predicted octanol–water partition coefficient (Wildman–Crippen LogP) is -1.01. The minimum atomic E-state index is -1.49. The van der Waals surface area contributed by atoms with Crippen LogP contribution >= 0.6 is 0 Å². The molecule has 4 unspecified atom stereocenters. The van der Waals surface area contributed by atoms with Crippen molar-refractivity contribution in [3.63, 3.8) is 0 Å². The number of aliphatic hydroxyl groups excluding tert-OH is 2. The van der Waals surface area contributed by atoms with Crippen molar-refractivity contribution >= 4 is 0 Å². The Kier molecular flexibility index (Phi) is 3.48. The summed E-state index contributed by atoms with van der Waals surface area (Å²) in [7, 11) is 0. The van der Waals surface area contributed by atoms with Crippen LogP contribution in [0.2, 0.25) is 0 Å². The first-order chi connectivity index (χ1) is 9.94. The van der Waals surface area contributed by atoms with E-state index in [4.69, 9.17) is 9.47 Å². The van der Waals surface area contributed by atoms with Crippen LogP contribution in [0.3, 0.4) is 0 Å². The van der Waals surface area contributed by atoms with E-state index in [1.54, 1.807) is 6.92 Å². The van der Waals surface area contributed by atoms with Gasteiger partial charge in [0.15, 0.2) is 0 Å². The van der Waals surface area contributed by atoms with Crippen molar-refractivity contribution in [2.24, 2.45) is 0 Å². The molecule has 4 atom stereocenters. The van der Waals surface area contributed by atoms with Crippen LogP contribution in [0, 0.1) is 6.92 Å². The number of aliphatic hydroxyl groups is 2. The van der Waals surface area contributed by atoms with Crippen LogP contribution in [0.25, 0.3) is 0 Å². The third kappa shape index (κ3) is 2.24. The molecule has 8 nitrogen and oxygen atoms in total. The number of aryl methyl sites for hydroxylation is 1. The second-order valence-corrected chi connectivity index (χ2v) is 5.53. The lowest BCUT2D eigenvalue weighted by Gasteiger charge is -2.39. The van der Waals surface area contributed by atoms with Gasteiger partial charge in [0.05, 0.1) is 6.61 Å². The number of nitrogens with one attached hydrogen (secondary N) is 1. The minimum absolute atomic E-state index is 0.0997. The highest BCUT2D eigenvalue weighted by Crippen LogP contribution is 2.42. The van der Waals surface area contributed by atoms with Crippen molar-refractivity contribution in [1.82, 2.24) is 9.55 Å². The standard InChI is InChI=1S/C13H18N2O6/c1-7-6-15(12(19)14-11(7)18)10-5-9(17)13(21-10)8(16)3-2-4-20-13/h6,8-10,16-17H,2-5H2,1H3,(H,14,18,19). The molecule has 0 aromatic carbocycles. The SMILES string of the molecule is Cc1cn(C2CC(O)C3(OCCCC3O)O2)c(=O)[nH]c1=O. The van der Waals surface area contributed by atoms with Crippen molar-refractivity contribution in [2.45, 2.75) is 50.4 Å². The molecule has 1 aromatic rings. The molecule has 0 bridgehead atoms. The Morgan fingerprint density at radius 3 is 2.86 bits per heavy atom. The summed E-state index contributed by atoms with van der Waals surface area (Å²) in [4.78, 5) is 25.5. The van der Waals surface area contributed by atoms with Crippen LogP contribution in [0.5, 0.6) is 0 Å². The maximum Gasteiger partial charge on any atom is 0.330 e. The Labute approximate surface area is 119 Å². The zero-order valence-corrected chi connectivity index (χ0v) is 11.6. The van der Waals surface area contributed by atoms with Crippen molar-refractivity contribution < 1.29 is 19.7 Å². The zero-order valence-electron chi connectivity index (χ0n) is 11.6. The van der Waals surface area contributed by atoms with Crippen molar-refractivity contribution in [1.29, 1.82) is 0 Å². The van der Waals surface area contributed by atoms with E-state index in [-0.39, 0.29) is 6.42 Å². The van der Waals surface area contributed by atoms with Gasteiger partial charge in [0.25, 0.3) is 5.56 Å². The molecular formula is C13H18N2O6. The van der Waals surface area contributed by atoms with E-state index in [2.05, 4.69) is 4.98 Å². The first-order valence-electron chi connectivity index (χ1n) is 6.94. The smallest absolute Gasteiger partial charge is 0.330 e. The van der Waals surface area contributed by atoms with E-state index >= 15 is 0 Å². The topological polar surface area (TPSA) is 114 Å². The van der Waals surface area contributed by atoms with E-state index < -0.39 is 35.5 Å². The number of hydrogen-bond donors (Lipinski definition) is 3. The van der Waals surface area contributed by atoms with Gasteiger partial charge in [-0.05, 0) is 19.8 Å². The van der Waals surface area contributed by atoms with E-state index in [0.29, 0.717) is 25.0 Å². The molecule has 0 saturated carbocycles. The molecule has 3 rings (SSSR count). The van der Waals surface area contributed by atoms with Crippen LogP contribution in [0.4, 0.5) is 0 Å². The zero-order chi connectivity index (χ0) is 15.2. The van der Waals surface area contributed by atoms with Gasteiger partial charge >= 0.3 is 5.69 Å². The van der Waals surface area contributed by atoms with Gasteiger partial charge in [-0.15, -0.1) is 0 Å². The summed E-state index contributed by atoms with van der Waals surface area (Å²) in [6, 6.07) is 0. The summed E-state index contributed by atoms with van der Waals surface area (Å²) >= 11 is 0. The maximum absolute atomic E-state index is 11.9. The summed E-state index contributed by atoms with van der Waals surface area (Å²) in [5.74, 6) is -1.49. The summed E-state index contributed by atoms with van der Waals surface area (Å²) < 4.78 is 12.4. The quantitative estimate of drug-likeness (QED) is 0.612. The molecule has 2 fully saturated rings. The summed E-state index contributed by atoms with van der Waals surface area (Å²) in [6.07, 6.45) is -0.168. The van der Waals surface area contributed by atoms with E-state index in [0.717, 1.165) is 0 Å². The van der Waals surface area contributed by atoms with Crippen LogP contribution < -0.4 is 11.2 Å². The van der Waals surface area contributed by atoms with Gasteiger partial charge in [-0.3, -0.25) is 14.3 Å². The second-order valence-electron chi connectivity index (χ2n) is 5.53. The van der Waals surface area contributed by atoms with Crippen LogP contribution in [0.15, 0.2) is 15.8 Å². The Bertz CT molecular complexity index is 653. The summed E-state index contributed by atoms with van der Waals surface area (Å²) in [6.45, 7) is 1.95. The molecule has 2 aliphatic heterocycles. The minimum Gasteiger partial charge on any atom is -0.387 e. The highest BCUT2D eigenvalue weighted by atomic mass is 16.7. The lowest BCUT2D eigenvalue weighted by molar-refractivity contribution is -0.322. The molecule has 116 valence electrons. The number of rotatable bonds is 1. The van der Waals surface area contributed by atoms with Crippen LogP contribution in [-0.2, 0) is 9.47 Å². The first kappa shape index (κ1) is 14.5. The lowest BCUT2D eigenvalue weighted by atomic mass is 9.97. The Balaban J connectivity index is 1.95. The Hall–Kier alpha value is -1.48. The number of ether oxygens (including phenoxy) is 2. The van der Waals surface area contributed by atoms with Crippen molar-refractivity contribution in [2.75, 3.05) is 6.61 Å². The van der Waals surface area contributed by atoms with E-state index in [1.165, 1.54) is 10.8 Å². The summed E-state index contributed by atoms with van der Waals surface area (Å²) in [5, 5.41) is 20.3. The Morgan fingerprint density at radius 1 is 1.38 bits per heavy atom. The number of aromatic nitrogens is 2. The molecule has 0 aliphatic carbocycles. The molecule has 1 aromatic heterocycles. The molecule has 2 saturated heterocycles. The average Bonchev–Trinajstić information content (AvgIpc) is 2.76. The van der Waals surface area contributed by atoms with Crippen molar-refractivity contribution in [3.05, 3.63) is 32.6 Å². The highest BCUT2D eigenvalue weighted by Gasteiger charge is 2.56. The van der Waals surface area contributed by atoms with Crippen LogP contribution in [0.1, 0.15) is 31.1 Å². The van der Waals surface area contributed by atoms with E-state index in [1.807, 2.05) is 0 Å². The molecule has 1 spiro atoms. The van der Waals surface area contributed by atoms with Crippen molar-refractivity contribution in [3.8, 4) is 0 Å². The molecule has 0 amide bonds. The maximum atomic E-state index is 11.9. The van der Waals surface area contributed by atoms with Gasteiger partial charge in [-0.2, -0.15) is 0 Å². The highest BCUT2D eigenvalue weighted by molar-refractivity contribution is 5.03. The second kappa shape index (κ2) is 5.06. The van der Waals surface area contributed by atoms with Crippen LogP contribution in [-0.4, -0.2) is 44.4 Å².